The Labute approximate surface area is 491 Å². The highest BCUT2D eigenvalue weighted by Gasteiger charge is 2.49. The van der Waals surface area contributed by atoms with Gasteiger partial charge in [0.1, 0.15) is 0 Å². The van der Waals surface area contributed by atoms with Gasteiger partial charge in [0.15, 0.2) is 0 Å². The molecule has 0 bridgehead atoms. The predicted molar refractivity (Wildman–Crippen MR) is 353 cm³/mol. The molecule has 0 saturated heterocycles. The van der Waals surface area contributed by atoms with Gasteiger partial charge in [0.05, 0.1) is 10.8 Å². The SMILES string of the molecule is CN1c2ccccc2C(c2ccccc2)(c2ccccc2)c2c(-c3cccc4c(-c5cc(-c6ccccc6)c6ccccc6c5)c5cccc(-c6cccc7c6C(c6ccccc6)(c6ccccc6)c6ccccc6N7C)c5cc34)cccc21. The van der Waals surface area contributed by atoms with Crippen LogP contribution in [0.4, 0.5) is 22.7 Å². The summed E-state index contributed by atoms with van der Waals surface area (Å²) >= 11 is 0. The fourth-order valence-electron chi connectivity index (χ4n) is 15.1. The molecule has 14 aromatic rings. The van der Waals surface area contributed by atoms with Gasteiger partial charge < -0.3 is 9.80 Å². The summed E-state index contributed by atoms with van der Waals surface area (Å²) in [6.45, 7) is 0. The lowest BCUT2D eigenvalue weighted by atomic mass is 9.60. The predicted octanol–water partition coefficient (Wildman–Crippen LogP) is 20.7. The number of hydrogen-bond donors (Lipinski definition) is 0. The van der Waals surface area contributed by atoms with Crippen molar-refractivity contribution in [1.29, 1.82) is 0 Å². The molecule has 2 heterocycles. The number of hydrogen-bond acceptors (Lipinski definition) is 2. The van der Waals surface area contributed by atoms with Crippen LogP contribution in [0.2, 0.25) is 0 Å². The topological polar surface area (TPSA) is 6.48 Å². The largest absolute Gasteiger partial charge is 0.344 e. The lowest BCUT2D eigenvalue weighted by molar-refractivity contribution is 0.729. The van der Waals surface area contributed by atoms with Crippen LogP contribution in [0.3, 0.4) is 0 Å². The summed E-state index contributed by atoms with van der Waals surface area (Å²) in [5, 5.41) is 7.22. The Morgan fingerprint density at radius 1 is 0.238 bits per heavy atom. The normalized spacial score (nSPS) is 13.7. The Hall–Kier alpha value is -10.5. The minimum absolute atomic E-state index is 0.683. The Kier molecular flexibility index (Phi) is 11.5. The number of anilines is 4. The Bertz CT molecular complexity index is 4530. The van der Waals surface area contributed by atoms with Gasteiger partial charge in [-0.1, -0.05) is 273 Å². The summed E-state index contributed by atoms with van der Waals surface area (Å²) in [5.41, 5.74) is 22.9. The van der Waals surface area contributed by atoms with Gasteiger partial charge in [0, 0.05) is 48.0 Å². The van der Waals surface area contributed by atoms with Gasteiger partial charge in [-0.25, -0.2) is 0 Å². The van der Waals surface area contributed by atoms with Crippen LogP contribution in [-0.4, -0.2) is 14.1 Å². The molecular weight excluding hydrogens is 1010 g/mol. The van der Waals surface area contributed by atoms with Crippen molar-refractivity contribution >= 4 is 55.1 Å². The van der Waals surface area contributed by atoms with E-state index in [9.17, 15) is 0 Å². The maximum atomic E-state index is 2.55. The first-order valence-electron chi connectivity index (χ1n) is 29.3. The summed E-state index contributed by atoms with van der Waals surface area (Å²) < 4.78 is 0. The van der Waals surface area contributed by atoms with Crippen LogP contribution >= 0.6 is 0 Å². The van der Waals surface area contributed by atoms with Crippen LogP contribution in [0.15, 0.2) is 315 Å². The Morgan fingerprint density at radius 2 is 0.595 bits per heavy atom. The average molecular weight is 1070 g/mol. The summed E-state index contributed by atoms with van der Waals surface area (Å²) in [4.78, 5) is 4.84. The van der Waals surface area contributed by atoms with E-state index in [0.29, 0.717) is 0 Å². The quantitative estimate of drug-likeness (QED) is 0.140. The maximum Gasteiger partial charge on any atom is 0.0748 e. The molecule has 84 heavy (non-hydrogen) atoms. The smallest absolute Gasteiger partial charge is 0.0748 e. The molecule has 0 N–H and O–H groups in total. The van der Waals surface area contributed by atoms with Crippen molar-refractivity contribution in [3.63, 3.8) is 0 Å². The molecule has 0 fully saturated rings. The van der Waals surface area contributed by atoms with Crippen LogP contribution in [-0.2, 0) is 10.8 Å². The van der Waals surface area contributed by atoms with E-state index in [4.69, 9.17) is 0 Å². The van der Waals surface area contributed by atoms with Crippen LogP contribution in [0, 0.1) is 0 Å². The molecule has 2 aliphatic rings. The molecule has 16 rings (SSSR count). The van der Waals surface area contributed by atoms with E-state index in [-0.39, 0.29) is 0 Å². The molecule has 2 nitrogen and oxygen atoms in total. The first-order chi connectivity index (χ1) is 41.5. The van der Waals surface area contributed by atoms with Crippen LogP contribution in [0.5, 0.6) is 0 Å². The molecule has 0 amide bonds. The summed E-state index contributed by atoms with van der Waals surface area (Å²) in [6, 6.07) is 118. The van der Waals surface area contributed by atoms with E-state index in [0.717, 1.165) is 0 Å². The third-order valence-corrected chi connectivity index (χ3v) is 18.6. The standard InChI is InChI=1S/C82H58N2/c1-83-74-48-22-20-46-72(74)81(58-31-10-4-11-32-58,59-33-12-5-13-34-59)79-67(44-26-50-76(79)83)63-40-24-42-65-70(63)54-71-64(41-25-43-66(71)78(65)57-52-56-30-18-19-39-62(56)69(53-57)55-28-8-3-9-29-55)68-45-27-51-77-80(68)82(60-35-14-6-15-36-60,61-37-16-7-17-38-61)73-47-21-23-49-75(73)84(77)2/h3-54H,1-2H3. The lowest BCUT2D eigenvalue weighted by Crippen LogP contribution is -2.38. The van der Waals surface area contributed by atoms with E-state index >= 15 is 0 Å². The van der Waals surface area contributed by atoms with Crippen LogP contribution in [0.1, 0.15) is 44.5 Å². The van der Waals surface area contributed by atoms with Gasteiger partial charge in [0.25, 0.3) is 0 Å². The van der Waals surface area contributed by atoms with Crippen molar-refractivity contribution in [2.24, 2.45) is 0 Å². The van der Waals surface area contributed by atoms with Crippen molar-refractivity contribution in [2.75, 3.05) is 23.9 Å². The lowest BCUT2D eigenvalue weighted by Gasteiger charge is -2.46. The third kappa shape index (κ3) is 7.17. The maximum absolute atomic E-state index is 2.55. The zero-order valence-corrected chi connectivity index (χ0v) is 46.9. The van der Waals surface area contributed by atoms with Crippen molar-refractivity contribution in [2.45, 2.75) is 10.8 Å². The molecule has 0 atom stereocenters. The first kappa shape index (κ1) is 49.3. The van der Waals surface area contributed by atoms with E-state index < -0.39 is 10.8 Å². The summed E-state index contributed by atoms with van der Waals surface area (Å²) in [5.74, 6) is 0. The van der Waals surface area contributed by atoms with E-state index in [1.165, 1.54) is 144 Å². The van der Waals surface area contributed by atoms with Crippen molar-refractivity contribution < 1.29 is 0 Å². The highest BCUT2D eigenvalue weighted by Crippen LogP contribution is 2.61. The number of para-hydroxylation sites is 2. The molecule has 0 unspecified atom stereocenters. The van der Waals surface area contributed by atoms with Crippen molar-refractivity contribution in [3.05, 3.63) is 360 Å². The zero-order chi connectivity index (χ0) is 55.9. The number of fused-ring (bicyclic) bond motifs is 7. The molecule has 396 valence electrons. The second-order valence-electron chi connectivity index (χ2n) is 22.7. The summed E-state index contributed by atoms with van der Waals surface area (Å²) in [7, 11) is 4.49. The average Bonchev–Trinajstić information content (AvgIpc) is 0.921. The number of benzene rings is 14. The van der Waals surface area contributed by atoms with Gasteiger partial charge in [-0.05, 0) is 153 Å². The van der Waals surface area contributed by atoms with Crippen LogP contribution < -0.4 is 9.80 Å². The Balaban J connectivity index is 1.07. The fraction of sp³-hybridized carbons (Fsp3) is 0.0488. The van der Waals surface area contributed by atoms with Gasteiger partial charge in [-0.15, -0.1) is 0 Å². The van der Waals surface area contributed by atoms with Gasteiger partial charge in [-0.3, -0.25) is 0 Å². The van der Waals surface area contributed by atoms with E-state index in [1.54, 1.807) is 0 Å². The molecule has 0 aliphatic carbocycles. The summed E-state index contributed by atoms with van der Waals surface area (Å²) in [6.07, 6.45) is 0. The molecule has 0 saturated carbocycles. The number of rotatable bonds is 8. The molecule has 2 heteroatoms. The van der Waals surface area contributed by atoms with Crippen LogP contribution in [0.25, 0.3) is 76.8 Å². The van der Waals surface area contributed by atoms with Crippen molar-refractivity contribution in [1.82, 2.24) is 0 Å². The molecule has 0 radical (unpaired) electrons. The number of nitrogens with zero attached hydrogens (tertiary/aromatic N) is 2. The fourth-order valence-corrected chi connectivity index (χ4v) is 15.1. The minimum Gasteiger partial charge on any atom is -0.344 e. The van der Waals surface area contributed by atoms with Gasteiger partial charge in [-0.2, -0.15) is 0 Å². The molecule has 0 aromatic heterocycles. The molecule has 14 aromatic carbocycles. The highest BCUT2D eigenvalue weighted by molar-refractivity contribution is 6.21. The second kappa shape index (κ2) is 19.6. The Morgan fingerprint density at radius 3 is 1.06 bits per heavy atom. The first-order valence-corrected chi connectivity index (χ1v) is 29.3. The van der Waals surface area contributed by atoms with E-state index in [1.807, 2.05) is 0 Å². The molecular formula is C82H58N2. The van der Waals surface area contributed by atoms with Crippen molar-refractivity contribution in [3.8, 4) is 44.5 Å². The molecule has 0 spiro atoms. The highest BCUT2D eigenvalue weighted by atomic mass is 15.1. The second-order valence-corrected chi connectivity index (χ2v) is 22.7. The van der Waals surface area contributed by atoms with Gasteiger partial charge in [0.2, 0.25) is 0 Å². The molecule has 2 aliphatic heterocycles. The third-order valence-electron chi connectivity index (χ3n) is 18.6. The van der Waals surface area contributed by atoms with E-state index in [2.05, 4.69) is 339 Å². The zero-order valence-electron chi connectivity index (χ0n) is 46.9. The minimum atomic E-state index is -0.683. The monoisotopic (exact) mass is 1070 g/mol. The van der Waals surface area contributed by atoms with Gasteiger partial charge >= 0.3 is 0 Å².